The first-order chi connectivity index (χ1) is 16.6. The van der Waals surface area contributed by atoms with Gasteiger partial charge in [0.25, 0.3) is 0 Å². The van der Waals surface area contributed by atoms with Crippen molar-refractivity contribution in [3.8, 4) is 16.9 Å². The van der Waals surface area contributed by atoms with Gasteiger partial charge in [0.05, 0.1) is 0 Å². The van der Waals surface area contributed by atoms with E-state index in [1.165, 1.54) is 22.3 Å². The van der Waals surface area contributed by atoms with Gasteiger partial charge in [-0.05, 0) is 41.2 Å². The van der Waals surface area contributed by atoms with Crippen LogP contribution in [0.2, 0.25) is 0 Å². The van der Waals surface area contributed by atoms with E-state index in [4.69, 9.17) is 4.74 Å². The maximum atomic E-state index is 12.8. The second-order valence-electron chi connectivity index (χ2n) is 8.91. The molecule has 0 radical (unpaired) electrons. The molecule has 2 amide bonds. The largest absolute Gasteiger partial charge is 0.508 e. The quantitative estimate of drug-likeness (QED) is 0.585. The van der Waals surface area contributed by atoms with Gasteiger partial charge in [0.2, 0.25) is 5.91 Å². The van der Waals surface area contributed by atoms with E-state index in [0.717, 1.165) is 0 Å². The van der Waals surface area contributed by atoms with E-state index >= 15 is 0 Å². The number of hydrogen-bond acceptors (Lipinski definition) is 4. The first-order valence-electron chi connectivity index (χ1n) is 11.8. The third kappa shape index (κ3) is 4.36. The molecule has 1 saturated heterocycles. The van der Waals surface area contributed by atoms with Crippen molar-refractivity contribution in [2.75, 3.05) is 19.7 Å². The Morgan fingerprint density at radius 3 is 2.12 bits per heavy atom. The Labute approximate surface area is 199 Å². The number of aromatic hydroxyl groups is 1. The molecule has 5 rings (SSSR count). The molecule has 1 aliphatic heterocycles. The van der Waals surface area contributed by atoms with Crippen LogP contribution in [-0.2, 0) is 16.1 Å². The number of para-hydroxylation sites is 1. The van der Waals surface area contributed by atoms with Gasteiger partial charge in [-0.3, -0.25) is 4.79 Å². The first-order valence-corrected chi connectivity index (χ1v) is 11.8. The van der Waals surface area contributed by atoms with Gasteiger partial charge in [0, 0.05) is 37.0 Å². The summed E-state index contributed by atoms with van der Waals surface area (Å²) in [5.41, 5.74) is 5.48. The summed E-state index contributed by atoms with van der Waals surface area (Å²) in [6.45, 7) is 1.57. The number of fused-ring (bicyclic) bond motifs is 3. The summed E-state index contributed by atoms with van der Waals surface area (Å²) in [6, 6.07) is 23.5. The summed E-state index contributed by atoms with van der Waals surface area (Å²) in [5, 5.41) is 12.8. The number of rotatable bonds is 5. The fourth-order valence-corrected chi connectivity index (χ4v) is 5.00. The number of phenolic OH excluding ortho intramolecular Hbond substituents is 1. The lowest BCUT2D eigenvalue weighted by Gasteiger charge is -2.31. The zero-order valence-electron chi connectivity index (χ0n) is 18.9. The number of benzene rings is 3. The van der Waals surface area contributed by atoms with Gasteiger partial charge in [-0.1, -0.05) is 66.7 Å². The maximum absolute atomic E-state index is 12.8. The molecular weight excluding hydrogens is 428 g/mol. The third-order valence-electron chi connectivity index (χ3n) is 6.90. The van der Waals surface area contributed by atoms with E-state index in [-0.39, 0.29) is 36.1 Å². The minimum atomic E-state index is -0.324. The van der Waals surface area contributed by atoms with Crippen LogP contribution in [0.15, 0.2) is 72.8 Å². The van der Waals surface area contributed by atoms with Crippen LogP contribution in [0.5, 0.6) is 5.75 Å². The lowest BCUT2D eigenvalue weighted by Crippen LogP contribution is -2.43. The Morgan fingerprint density at radius 1 is 0.882 bits per heavy atom. The molecule has 0 atom stereocenters. The fraction of sp³-hybridized carbons (Fsp3) is 0.286. The zero-order chi connectivity index (χ0) is 23.5. The normalized spacial score (nSPS) is 15.5. The number of carbonyl (C=O) groups excluding carboxylic acids is 2. The Kier molecular flexibility index (Phi) is 6.21. The van der Waals surface area contributed by atoms with Gasteiger partial charge in [-0.25, -0.2) is 4.79 Å². The number of carbonyl (C=O) groups is 2. The predicted molar refractivity (Wildman–Crippen MR) is 129 cm³/mol. The average molecular weight is 457 g/mol. The molecule has 2 aliphatic rings. The van der Waals surface area contributed by atoms with E-state index in [2.05, 4.69) is 29.6 Å². The molecular formula is C28H28N2O4. The predicted octanol–water partition coefficient (Wildman–Crippen LogP) is 4.67. The number of piperidine rings is 1. The lowest BCUT2D eigenvalue weighted by molar-refractivity contribution is -0.126. The molecule has 1 fully saturated rings. The van der Waals surface area contributed by atoms with Gasteiger partial charge >= 0.3 is 6.09 Å². The molecule has 0 aromatic heterocycles. The second-order valence-corrected chi connectivity index (χ2v) is 8.91. The van der Waals surface area contributed by atoms with Gasteiger partial charge in [-0.2, -0.15) is 0 Å². The lowest BCUT2D eigenvalue weighted by atomic mass is 9.96. The number of ether oxygens (including phenoxy) is 1. The molecule has 34 heavy (non-hydrogen) atoms. The van der Waals surface area contributed by atoms with E-state index in [9.17, 15) is 14.7 Å². The average Bonchev–Trinajstić information content (AvgIpc) is 3.20. The smallest absolute Gasteiger partial charge is 0.409 e. The van der Waals surface area contributed by atoms with Crippen LogP contribution in [-0.4, -0.2) is 41.7 Å². The van der Waals surface area contributed by atoms with E-state index in [0.29, 0.717) is 38.1 Å². The maximum Gasteiger partial charge on any atom is 0.409 e. The summed E-state index contributed by atoms with van der Waals surface area (Å²) >= 11 is 0. The zero-order valence-corrected chi connectivity index (χ0v) is 18.9. The van der Waals surface area contributed by atoms with Crippen molar-refractivity contribution in [3.05, 3.63) is 89.5 Å². The van der Waals surface area contributed by atoms with Crippen LogP contribution < -0.4 is 5.32 Å². The molecule has 0 saturated carbocycles. The molecule has 1 heterocycles. The number of amides is 2. The topological polar surface area (TPSA) is 78.9 Å². The molecule has 2 N–H and O–H groups in total. The van der Waals surface area contributed by atoms with Crippen molar-refractivity contribution >= 4 is 12.0 Å². The molecule has 3 aromatic rings. The summed E-state index contributed by atoms with van der Waals surface area (Å²) in [6.07, 6.45) is 0.864. The van der Waals surface area contributed by atoms with Crippen LogP contribution >= 0.6 is 0 Å². The second kappa shape index (κ2) is 9.59. The summed E-state index contributed by atoms with van der Waals surface area (Å²) in [7, 11) is 0. The van der Waals surface area contributed by atoms with Crippen molar-refractivity contribution < 1.29 is 19.4 Å². The highest BCUT2D eigenvalue weighted by molar-refractivity contribution is 5.80. The Balaban J connectivity index is 1.13. The summed E-state index contributed by atoms with van der Waals surface area (Å²) in [4.78, 5) is 27.0. The first kappa shape index (κ1) is 22.0. The number of nitrogens with zero attached hydrogens (tertiary/aromatic N) is 1. The minimum Gasteiger partial charge on any atom is -0.508 e. The number of likely N-dealkylation sites (tertiary alicyclic amines) is 1. The van der Waals surface area contributed by atoms with Gasteiger partial charge in [-0.15, -0.1) is 0 Å². The van der Waals surface area contributed by atoms with Gasteiger partial charge in [0.1, 0.15) is 12.4 Å². The van der Waals surface area contributed by atoms with Crippen molar-refractivity contribution in [3.63, 3.8) is 0 Å². The monoisotopic (exact) mass is 456 g/mol. The van der Waals surface area contributed by atoms with E-state index in [1.54, 1.807) is 23.1 Å². The van der Waals surface area contributed by atoms with Crippen LogP contribution in [0.1, 0.15) is 35.4 Å². The minimum absolute atomic E-state index is 0.0362. The Morgan fingerprint density at radius 2 is 1.47 bits per heavy atom. The molecule has 3 aromatic carbocycles. The molecule has 0 bridgehead atoms. The van der Waals surface area contributed by atoms with E-state index in [1.807, 2.05) is 30.3 Å². The van der Waals surface area contributed by atoms with Crippen molar-refractivity contribution in [1.29, 1.82) is 0 Å². The Hall–Kier alpha value is -3.80. The molecule has 174 valence electrons. The highest BCUT2D eigenvalue weighted by Crippen LogP contribution is 2.44. The third-order valence-corrected chi connectivity index (χ3v) is 6.90. The molecule has 1 aliphatic carbocycles. The number of nitrogens with one attached hydrogen (secondary N) is 1. The summed E-state index contributed by atoms with van der Waals surface area (Å²) in [5.74, 6) is 0.0147. The number of phenols is 1. The molecule has 0 spiro atoms. The highest BCUT2D eigenvalue weighted by atomic mass is 16.6. The standard InChI is InChI=1S/C28H28N2O4/c31-26-12-6-1-7-20(26)17-29-27(32)19-13-15-30(16-14-19)28(33)34-18-25-23-10-4-2-8-21(23)22-9-3-5-11-24(22)25/h1-12,19,25,31H,13-18H2,(H,29,32). The fourth-order valence-electron chi connectivity index (χ4n) is 5.00. The van der Waals surface area contributed by atoms with E-state index < -0.39 is 0 Å². The van der Waals surface area contributed by atoms with Crippen molar-refractivity contribution in [2.24, 2.45) is 5.92 Å². The van der Waals surface area contributed by atoms with Crippen molar-refractivity contribution in [2.45, 2.75) is 25.3 Å². The summed E-state index contributed by atoms with van der Waals surface area (Å²) < 4.78 is 5.75. The molecule has 0 unspecified atom stereocenters. The van der Waals surface area contributed by atoms with Gasteiger partial charge < -0.3 is 20.1 Å². The van der Waals surface area contributed by atoms with Gasteiger partial charge in [0.15, 0.2) is 0 Å². The van der Waals surface area contributed by atoms with Crippen LogP contribution in [0.4, 0.5) is 4.79 Å². The highest BCUT2D eigenvalue weighted by Gasteiger charge is 2.31. The SMILES string of the molecule is O=C(NCc1ccccc1O)C1CCN(C(=O)OCC2c3ccccc3-c3ccccc32)CC1. The Bertz CT molecular complexity index is 1150. The van der Waals surface area contributed by atoms with Crippen LogP contribution in [0.25, 0.3) is 11.1 Å². The molecule has 6 nitrogen and oxygen atoms in total. The van der Waals surface area contributed by atoms with Crippen molar-refractivity contribution in [1.82, 2.24) is 10.2 Å². The molecule has 6 heteroatoms. The van der Waals surface area contributed by atoms with Crippen LogP contribution in [0.3, 0.4) is 0 Å². The van der Waals surface area contributed by atoms with Crippen LogP contribution in [0, 0.1) is 5.92 Å². The number of hydrogen-bond donors (Lipinski definition) is 2.